The zero-order chi connectivity index (χ0) is 14.9. The topological polar surface area (TPSA) is 35.5 Å². The number of esters is 1. The van der Waals surface area contributed by atoms with Crippen molar-refractivity contribution in [2.24, 2.45) is 0 Å². The summed E-state index contributed by atoms with van der Waals surface area (Å²) in [6, 6.07) is 0. The Bertz CT molecular complexity index is 210. The van der Waals surface area contributed by atoms with Crippen molar-refractivity contribution in [2.75, 3.05) is 25.2 Å². The number of halogens is 1. The molecule has 0 aliphatic carbocycles. The van der Waals surface area contributed by atoms with Gasteiger partial charge in [-0.15, -0.1) is 0 Å². The predicted octanol–water partition coefficient (Wildman–Crippen LogP) is 4.86. The average Bonchev–Trinajstić information content (AvgIpc) is 2.45. The quantitative estimate of drug-likeness (QED) is 0.240. The van der Waals surface area contributed by atoms with Crippen LogP contribution < -0.4 is 0 Å². The van der Waals surface area contributed by atoms with Gasteiger partial charge >= 0.3 is 5.97 Å². The van der Waals surface area contributed by atoms with Crippen molar-refractivity contribution in [3.8, 4) is 0 Å². The summed E-state index contributed by atoms with van der Waals surface area (Å²) in [5.74, 6) is -0.0833. The highest BCUT2D eigenvalue weighted by Crippen LogP contribution is 2.07. The van der Waals surface area contributed by atoms with E-state index in [4.69, 9.17) is 9.47 Å². The monoisotopic (exact) mass is 350 g/mol. The number of ether oxygens (including phenoxy) is 2. The summed E-state index contributed by atoms with van der Waals surface area (Å²) >= 11 is 3.41. The number of carbonyl (C=O) groups excluding carboxylic acids is 1. The van der Waals surface area contributed by atoms with Gasteiger partial charge in [-0.1, -0.05) is 61.4 Å². The standard InChI is InChI=1S/C16H31BrO3/c1-2-3-4-10-13-19-14-15-20-16(18)11-8-6-5-7-9-12-17/h2-15H2,1H3. The van der Waals surface area contributed by atoms with E-state index in [2.05, 4.69) is 22.9 Å². The molecule has 0 fully saturated rings. The van der Waals surface area contributed by atoms with Gasteiger partial charge < -0.3 is 9.47 Å². The van der Waals surface area contributed by atoms with E-state index >= 15 is 0 Å². The molecule has 0 bridgehead atoms. The van der Waals surface area contributed by atoms with Crippen LogP contribution in [0, 0.1) is 0 Å². The predicted molar refractivity (Wildman–Crippen MR) is 87.4 cm³/mol. The second kappa shape index (κ2) is 17.0. The van der Waals surface area contributed by atoms with E-state index < -0.39 is 0 Å². The van der Waals surface area contributed by atoms with Crippen LogP contribution in [0.3, 0.4) is 0 Å². The van der Waals surface area contributed by atoms with E-state index in [1.807, 2.05) is 0 Å². The Labute approximate surface area is 132 Å². The third-order valence-corrected chi connectivity index (χ3v) is 3.71. The van der Waals surface area contributed by atoms with E-state index in [9.17, 15) is 4.79 Å². The molecule has 0 spiro atoms. The summed E-state index contributed by atoms with van der Waals surface area (Å²) in [4.78, 5) is 11.4. The Morgan fingerprint density at radius 2 is 1.55 bits per heavy atom. The second-order valence-corrected chi connectivity index (χ2v) is 5.89. The maximum Gasteiger partial charge on any atom is 0.305 e. The molecule has 0 N–H and O–H groups in total. The van der Waals surface area contributed by atoms with Gasteiger partial charge in [0.2, 0.25) is 0 Å². The highest BCUT2D eigenvalue weighted by atomic mass is 79.9. The Hall–Kier alpha value is -0.0900. The summed E-state index contributed by atoms with van der Waals surface area (Å²) in [5, 5.41) is 1.08. The first-order valence-electron chi connectivity index (χ1n) is 8.10. The van der Waals surface area contributed by atoms with Crippen LogP contribution in [-0.2, 0) is 14.3 Å². The minimum absolute atomic E-state index is 0.0833. The van der Waals surface area contributed by atoms with Crippen molar-refractivity contribution < 1.29 is 14.3 Å². The first-order chi connectivity index (χ1) is 9.81. The minimum atomic E-state index is -0.0833. The van der Waals surface area contributed by atoms with Crippen LogP contribution in [0.5, 0.6) is 0 Å². The van der Waals surface area contributed by atoms with Gasteiger partial charge in [-0.25, -0.2) is 0 Å². The first-order valence-corrected chi connectivity index (χ1v) is 9.22. The lowest BCUT2D eigenvalue weighted by molar-refractivity contribution is -0.145. The Morgan fingerprint density at radius 3 is 2.30 bits per heavy atom. The maximum absolute atomic E-state index is 11.4. The molecular formula is C16H31BrO3. The number of alkyl halides is 1. The Kier molecular flexibility index (Phi) is 16.9. The molecule has 0 aromatic rings. The van der Waals surface area contributed by atoms with E-state index in [0.717, 1.165) is 31.2 Å². The van der Waals surface area contributed by atoms with Crippen LogP contribution in [0.2, 0.25) is 0 Å². The normalized spacial score (nSPS) is 10.7. The van der Waals surface area contributed by atoms with Crippen LogP contribution in [0.4, 0.5) is 0 Å². The fourth-order valence-electron chi connectivity index (χ4n) is 1.91. The van der Waals surface area contributed by atoms with Crippen LogP contribution >= 0.6 is 15.9 Å². The molecule has 0 aromatic carbocycles. The lowest BCUT2D eigenvalue weighted by Gasteiger charge is -2.06. The fraction of sp³-hybridized carbons (Fsp3) is 0.938. The number of hydrogen-bond acceptors (Lipinski definition) is 3. The van der Waals surface area contributed by atoms with Gasteiger partial charge in [0.1, 0.15) is 6.61 Å². The molecule has 0 heterocycles. The first kappa shape index (κ1) is 19.9. The molecule has 120 valence electrons. The van der Waals surface area contributed by atoms with Crippen molar-refractivity contribution in [3.05, 3.63) is 0 Å². The minimum Gasteiger partial charge on any atom is -0.463 e. The third kappa shape index (κ3) is 16.0. The van der Waals surface area contributed by atoms with Crippen molar-refractivity contribution >= 4 is 21.9 Å². The molecule has 0 saturated heterocycles. The molecule has 20 heavy (non-hydrogen) atoms. The smallest absolute Gasteiger partial charge is 0.305 e. The lowest BCUT2D eigenvalue weighted by Crippen LogP contribution is -2.10. The van der Waals surface area contributed by atoms with Gasteiger partial charge in [-0.05, 0) is 19.3 Å². The van der Waals surface area contributed by atoms with Crippen LogP contribution in [0.25, 0.3) is 0 Å². The summed E-state index contributed by atoms with van der Waals surface area (Å²) in [6.45, 7) is 3.91. The van der Waals surface area contributed by atoms with Gasteiger partial charge in [-0.3, -0.25) is 4.79 Å². The molecule has 0 amide bonds. The second-order valence-electron chi connectivity index (χ2n) is 5.10. The highest BCUT2D eigenvalue weighted by molar-refractivity contribution is 9.09. The molecule has 0 radical (unpaired) electrons. The largest absolute Gasteiger partial charge is 0.463 e. The van der Waals surface area contributed by atoms with E-state index in [1.165, 1.54) is 38.5 Å². The molecule has 0 aliphatic heterocycles. The maximum atomic E-state index is 11.4. The molecule has 3 nitrogen and oxygen atoms in total. The Balaban J connectivity index is 3.12. The molecule has 0 aromatic heterocycles. The van der Waals surface area contributed by atoms with E-state index in [1.54, 1.807) is 0 Å². The van der Waals surface area contributed by atoms with Crippen molar-refractivity contribution in [1.29, 1.82) is 0 Å². The molecule has 4 heteroatoms. The Morgan fingerprint density at radius 1 is 0.850 bits per heavy atom. The molecule has 0 atom stereocenters. The number of carbonyl (C=O) groups is 1. The van der Waals surface area contributed by atoms with Crippen molar-refractivity contribution in [1.82, 2.24) is 0 Å². The number of unbranched alkanes of at least 4 members (excludes halogenated alkanes) is 7. The third-order valence-electron chi connectivity index (χ3n) is 3.15. The summed E-state index contributed by atoms with van der Waals surface area (Å²) in [7, 11) is 0. The zero-order valence-electron chi connectivity index (χ0n) is 13.0. The van der Waals surface area contributed by atoms with Gasteiger partial charge in [0.15, 0.2) is 0 Å². The molecule has 0 saturated carbocycles. The van der Waals surface area contributed by atoms with Crippen LogP contribution in [-0.4, -0.2) is 31.1 Å². The average molecular weight is 351 g/mol. The molecule has 0 aliphatic rings. The van der Waals surface area contributed by atoms with Gasteiger partial charge in [0.25, 0.3) is 0 Å². The van der Waals surface area contributed by atoms with Crippen molar-refractivity contribution in [3.63, 3.8) is 0 Å². The summed E-state index contributed by atoms with van der Waals surface area (Å²) < 4.78 is 10.5. The summed E-state index contributed by atoms with van der Waals surface area (Å²) in [5.41, 5.74) is 0. The molecular weight excluding hydrogens is 320 g/mol. The molecule has 0 unspecified atom stereocenters. The lowest BCUT2D eigenvalue weighted by atomic mass is 10.1. The summed E-state index contributed by atoms with van der Waals surface area (Å²) in [6.07, 6.45) is 11.1. The van der Waals surface area contributed by atoms with Crippen LogP contribution in [0.1, 0.15) is 71.1 Å². The zero-order valence-corrected chi connectivity index (χ0v) is 14.6. The van der Waals surface area contributed by atoms with Gasteiger partial charge in [0, 0.05) is 18.4 Å². The highest BCUT2D eigenvalue weighted by Gasteiger charge is 2.02. The SMILES string of the molecule is CCCCCCOCCOC(=O)CCCCCCCBr. The van der Waals surface area contributed by atoms with Gasteiger partial charge in [-0.2, -0.15) is 0 Å². The van der Waals surface area contributed by atoms with Crippen molar-refractivity contribution in [2.45, 2.75) is 71.1 Å². The number of hydrogen-bond donors (Lipinski definition) is 0. The molecule has 0 rings (SSSR count). The number of rotatable bonds is 15. The van der Waals surface area contributed by atoms with Gasteiger partial charge in [0.05, 0.1) is 6.61 Å². The van der Waals surface area contributed by atoms with E-state index in [0.29, 0.717) is 19.6 Å². The van der Waals surface area contributed by atoms with Crippen LogP contribution in [0.15, 0.2) is 0 Å². The van der Waals surface area contributed by atoms with E-state index in [-0.39, 0.29) is 5.97 Å². The fourth-order valence-corrected chi connectivity index (χ4v) is 2.31.